The molecule has 0 saturated carbocycles. The van der Waals surface area contributed by atoms with E-state index < -0.39 is 5.60 Å². The number of hydrogen-bond acceptors (Lipinski definition) is 3. The standard InChI is InChI=1S/C13H21ClN2O/c1-9(15)10-5-6-12(11(14)7-10)16(4)8-13(2,3)17/h5-7,9,17H,8,15H2,1-4H3. The van der Waals surface area contributed by atoms with Gasteiger partial charge in [0.15, 0.2) is 0 Å². The topological polar surface area (TPSA) is 49.5 Å². The summed E-state index contributed by atoms with van der Waals surface area (Å²) in [5, 5.41) is 10.4. The van der Waals surface area contributed by atoms with Gasteiger partial charge in [-0.05, 0) is 38.5 Å². The van der Waals surface area contributed by atoms with Crippen molar-refractivity contribution in [3.8, 4) is 0 Å². The van der Waals surface area contributed by atoms with Gasteiger partial charge in [0.1, 0.15) is 0 Å². The molecule has 1 rings (SSSR count). The fourth-order valence-corrected chi connectivity index (χ4v) is 2.11. The zero-order valence-electron chi connectivity index (χ0n) is 10.9. The van der Waals surface area contributed by atoms with Crippen LogP contribution in [0.25, 0.3) is 0 Å². The summed E-state index contributed by atoms with van der Waals surface area (Å²) in [7, 11) is 1.91. The molecule has 3 N–H and O–H groups in total. The Balaban J connectivity index is 2.92. The molecule has 0 fully saturated rings. The van der Waals surface area contributed by atoms with Gasteiger partial charge in [-0.25, -0.2) is 0 Å². The van der Waals surface area contributed by atoms with Crippen molar-refractivity contribution in [2.24, 2.45) is 5.73 Å². The lowest BCUT2D eigenvalue weighted by Gasteiger charge is -2.28. The molecule has 0 bridgehead atoms. The number of aliphatic hydroxyl groups is 1. The second kappa shape index (κ2) is 5.25. The second-order valence-corrected chi connectivity index (χ2v) is 5.58. The molecule has 1 aromatic rings. The van der Waals surface area contributed by atoms with Crippen molar-refractivity contribution in [3.05, 3.63) is 28.8 Å². The van der Waals surface area contributed by atoms with Gasteiger partial charge in [0, 0.05) is 19.6 Å². The third-order valence-electron chi connectivity index (χ3n) is 2.53. The van der Waals surface area contributed by atoms with Gasteiger partial charge in [-0.2, -0.15) is 0 Å². The van der Waals surface area contributed by atoms with Crippen LogP contribution in [0.2, 0.25) is 5.02 Å². The minimum absolute atomic E-state index is 0.0267. The molecule has 0 aliphatic carbocycles. The zero-order chi connectivity index (χ0) is 13.2. The van der Waals surface area contributed by atoms with Gasteiger partial charge in [0.25, 0.3) is 0 Å². The third-order valence-corrected chi connectivity index (χ3v) is 2.84. The van der Waals surface area contributed by atoms with E-state index in [9.17, 15) is 5.11 Å². The summed E-state index contributed by atoms with van der Waals surface area (Å²) in [4.78, 5) is 1.94. The maximum Gasteiger partial charge on any atom is 0.0765 e. The summed E-state index contributed by atoms with van der Waals surface area (Å²) in [6, 6.07) is 5.75. The molecule has 0 amide bonds. The van der Waals surface area contributed by atoms with Crippen LogP contribution in [0, 0.1) is 0 Å². The molecular formula is C13H21ClN2O. The van der Waals surface area contributed by atoms with Crippen LogP contribution in [0.4, 0.5) is 5.69 Å². The lowest BCUT2D eigenvalue weighted by atomic mass is 10.1. The highest BCUT2D eigenvalue weighted by Gasteiger charge is 2.17. The highest BCUT2D eigenvalue weighted by atomic mass is 35.5. The molecule has 0 aliphatic heterocycles. The lowest BCUT2D eigenvalue weighted by Crippen LogP contribution is -2.36. The molecule has 1 unspecified atom stereocenters. The molecule has 17 heavy (non-hydrogen) atoms. The largest absolute Gasteiger partial charge is 0.389 e. The summed E-state index contributed by atoms with van der Waals surface area (Å²) in [6.07, 6.45) is 0. The number of halogens is 1. The summed E-state index contributed by atoms with van der Waals surface area (Å²) in [5.74, 6) is 0. The third kappa shape index (κ3) is 4.19. The van der Waals surface area contributed by atoms with Crippen LogP contribution in [-0.2, 0) is 0 Å². The van der Waals surface area contributed by atoms with Crippen molar-refractivity contribution >= 4 is 17.3 Å². The second-order valence-electron chi connectivity index (χ2n) is 5.17. The number of benzene rings is 1. The van der Waals surface area contributed by atoms with Crippen molar-refractivity contribution in [1.29, 1.82) is 0 Å². The summed E-state index contributed by atoms with van der Waals surface area (Å²) in [5.41, 5.74) is 6.96. The molecule has 96 valence electrons. The Labute approximate surface area is 108 Å². The minimum atomic E-state index is -0.752. The highest BCUT2D eigenvalue weighted by molar-refractivity contribution is 6.33. The van der Waals surface area contributed by atoms with Crippen LogP contribution in [0.5, 0.6) is 0 Å². The molecule has 0 spiro atoms. The monoisotopic (exact) mass is 256 g/mol. The maximum absolute atomic E-state index is 9.78. The van der Waals surface area contributed by atoms with Gasteiger partial charge >= 0.3 is 0 Å². The van der Waals surface area contributed by atoms with Crippen LogP contribution in [0.15, 0.2) is 18.2 Å². The van der Waals surface area contributed by atoms with E-state index in [2.05, 4.69) is 0 Å². The van der Waals surface area contributed by atoms with Gasteiger partial charge in [-0.1, -0.05) is 17.7 Å². The molecule has 1 atom stereocenters. The van der Waals surface area contributed by atoms with E-state index in [4.69, 9.17) is 17.3 Å². The average Bonchev–Trinajstić information content (AvgIpc) is 2.14. The highest BCUT2D eigenvalue weighted by Crippen LogP contribution is 2.28. The smallest absolute Gasteiger partial charge is 0.0765 e. The van der Waals surface area contributed by atoms with Crippen molar-refractivity contribution in [1.82, 2.24) is 0 Å². The van der Waals surface area contributed by atoms with Crippen molar-refractivity contribution in [3.63, 3.8) is 0 Å². The average molecular weight is 257 g/mol. The Bertz CT molecular complexity index is 385. The van der Waals surface area contributed by atoms with E-state index in [0.717, 1.165) is 11.3 Å². The first kappa shape index (κ1) is 14.3. The molecule has 3 nitrogen and oxygen atoms in total. The zero-order valence-corrected chi connectivity index (χ0v) is 11.6. The van der Waals surface area contributed by atoms with Crippen LogP contribution in [0.1, 0.15) is 32.4 Å². The molecule has 0 aromatic heterocycles. The SMILES string of the molecule is CC(N)c1ccc(N(C)CC(C)(C)O)c(Cl)c1. The molecular weight excluding hydrogens is 236 g/mol. The quantitative estimate of drug-likeness (QED) is 0.871. The summed E-state index contributed by atoms with van der Waals surface area (Å²) < 4.78 is 0. The van der Waals surface area contributed by atoms with Gasteiger partial charge in [-0.3, -0.25) is 0 Å². The fourth-order valence-electron chi connectivity index (χ4n) is 1.78. The first-order valence-corrected chi connectivity index (χ1v) is 6.07. The molecule has 1 aromatic carbocycles. The van der Waals surface area contributed by atoms with Crippen LogP contribution >= 0.6 is 11.6 Å². The molecule has 0 aliphatic rings. The van der Waals surface area contributed by atoms with E-state index in [0.29, 0.717) is 11.6 Å². The fraction of sp³-hybridized carbons (Fsp3) is 0.538. The van der Waals surface area contributed by atoms with Gasteiger partial charge in [-0.15, -0.1) is 0 Å². The van der Waals surface area contributed by atoms with E-state index in [1.54, 1.807) is 13.8 Å². The lowest BCUT2D eigenvalue weighted by molar-refractivity contribution is 0.0886. The maximum atomic E-state index is 9.78. The van der Waals surface area contributed by atoms with Crippen molar-refractivity contribution < 1.29 is 5.11 Å². The number of anilines is 1. The van der Waals surface area contributed by atoms with Gasteiger partial charge in [0.2, 0.25) is 0 Å². The van der Waals surface area contributed by atoms with Crippen LogP contribution < -0.4 is 10.6 Å². The molecule has 0 heterocycles. The Morgan fingerprint density at radius 3 is 2.47 bits per heavy atom. The Morgan fingerprint density at radius 1 is 1.47 bits per heavy atom. The number of likely N-dealkylation sites (N-methyl/N-ethyl adjacent to an activating group) is 1. The summed E-state index contributed by atoms with van der Waals surface area (Å²) >= 11 is 6.22. The molecule has 0 radical (unpaired) electrons. The van der Waals surface area contributed by atoms with Gasteiger partial charge in [0.05, 0.1) is 16.3 Å². The molecule has 4 heteroatoms. The van der Waals surface area contributed by atoms with E-state index in [1.807, 2.05) is 37.1 Å². The van der Waals surface area contributed by atoms with Crippen molar-refractivity contribution in [2.45, 2.75) is 32.4 Å². The Hall–Kier alpha value is -0.770. The number of nitrogens with zero attached hydrogens (tertiary/aromatic N) is 1. The normalized spacial score (nSPS) is 13.6. The first-order valence-electron chi connectivity index (χ1n) is 5.69. The van der Waals surface area contributed by atoms with Crippen molar-refractivity contribution in [2.75, 3.05) is 18.5 Å². The Morgan fingerprint density at radius 2 is 2.06 bits per heavy atom. The van der Waals surface area contributed by atoms with Gasteiger partial charge < -0.3 is 15.7 Å². The van der Waals surface area contributed by atoms with Crippen LogP contribution in [0.3, 0.4) is 0 Å². The first-order chi connectivity index (χ1) is 7.70. The van der Waals surface area contributed by atoms with E-state index in [-0.39, 0.29) is 6.04 Å². The number of nitrogens with two attached hydrogens (primary N) is 1. The minimum Gasteiger partial charge on any atom is -0.389 e. The number of rotatable bonds is 4. The summed E-state index contributed by atoms with van der Waals surface area (Å²) in [6.45, 7) is 5.98. The van der Waals surface area contributed by atoms with E-state index >= 15 is 0 Å². The van der Waals surface area contributed by atoms with E-state index in [1.165, 1.54) is 0 Å². The molecule has 0 saturated heterocycles. The predicted octanol–water partition coefficient (Wildman–Crippen LogP) is 2.57. The number of hydrogen-bond donors (Lipinski definition) is 2. The van der Waals surface area contributed by atoms with Crippen LogP contribution in [-0.4, -0.2) is 24.3 Å². The Kier molecular flexibility index (Phi) is 4.42. The predicted molar refractivity (Wildman–Crippen MR) is 73.6 cm³/mol.